The normalized spacial score (nSPS) is 16.3. The van der Waals surface area contributed by atoms with E-state index in [0.717, 1.165) is 54.2 Å². The van der Waals surface area contributed by atoms with E-state index in [1.165, 1.54) is 6.07 Å². The molecule has 3 N–H and O–H groups in total. The van der Waals surface area contributed by atoms with Gasteiger partial charge >= 0.3 is 0 Å². The number of primary sulfonamides is 1. The quantitative estimate of drug-likeness (QED) is 0.443. The number of sulfonamides is 1. The van der Waals surface area contributed by atoms with Gasteiger partial charge in [0.15, 0.2) is 5.75 Å². The summed E-state index contributed by atoms with van der Waals surface area (Å²) in [7, 11) is -2.17. The average molecular weight is 576 g/mol. The van der Waals surface area contributed by atoms with Gasteiger partial charge in [-0.25, -0.2) is 13.6 Å². The van der Waals surface area contributed by atoms with Gasteiger partial charge in [-0.05, 0) is 56.0 Å². The van der Waals surface area contributed by atoms with Crippen LogP contribution in [0.4, 0.5) is 17.1 Å². The first kappa shape index (κ1) is 28.6. The molecule has 216 valence electrons. The molecular weight excluding hydrogens is 538 g/mol. The number of rotatable bonds is 7. The van der Waals surface area contributed by atoms with Crippen molar-refractivity contribution in [2.75, 3.05) is 61.5 Å². The molecule has 0 aromatic heterocycles. The number of nitrogens with one attached hydrogen (secondary N) is 1. The van der Waals surface area contributed by atoms with Crippen LogP contribution in [-0.2, 0) is 10.0 Å². The number of benzene rings is 2. The molecule has 0 spiro atoms. The molecule has 0 saturated carbocycles. The van der Waals surface area contributed by atoms with Crippen molar-refractivity contribution >= 4 is 33.0 Å². The van der Waals surface area contributed by atoms with E-state index in [9.17, 15) is 13.2 Å². The maximum atomic E-state index is 13.6. The second kappa shape index (κ2) is 11.9. The zero-order valence-corrected chi connectivity index (χ0v) is 24.6. The van der Waals surface area contributed by atoms with Crippen LogP contribution in [0, 0.1) is 26.0 Å². The molecule has 2 heterocycles. The molecule has 1 amide bonds. The molecule has 2 aliphatic heterocycles. The topological polar surface area (TPSA) is 108 Å². The number of nitrogens with zero attached hydrogens (tertiary/aromatic N) is 3. The minimum atomic E-state index is -3.84. The molecule has 0 unspecified atom stereocenters. The van der Waals surface area contributed by atoms with Gasteiger partial charge < -0.3 is 24.8 Å². The van der Waals surface area contributed by atoms with E-state index in [0.29, 0.717) is 43.5 Å². The lowest BCUT2D eigenvalue weighted by Crippen LogP contribution is -2.49. The van der Waals surface area contributed by atoms with Crippen LogP contribution in [0.3, 0.4) is 0 Å². The number of aryl methyl sites for hydroxylation is 2. The Bertz CT molecular complexity index is 1510. The van der Waals surface area contributed by atoms with E-state index in [1.807, 2.05) is 34.9 Å². The molecule has 0 bridgehead atoms. The van der Waals surface area contributed by atoms with Gasteiger partial charge in [-0.15, -0.1) is 0 Å². The molecule has 5 rings (SSSR count). The van der Waals surface area contributed by atoms with Crippen molar-refractivity contribution in [1.29, 1.82) is 0 Å². The molecule has 41 heavy (non-hydrogen) atoms. The number of para-hydroxylation sites is 1. The third-order valence-corrected chi connectivity index (χ3v) is 9.00. The van der Waals surface area contributed by atoms with Gasteiger partial charge in [0.05, 0.1) is 18.5 Å². The summed E-state index contributed by atoms with van der Waals surface area (Å²) in [5.74, 6) is 0.797. The molecule has 3 aromatic rings. The Morgan fingerprint density at radius 2 is 1.59 bits per heavy atom. The number of hydrogen-bond acceptors (Lipinski definition) is 7. The molecular formula is C31H37N5O4S. The predicted molar refractivity (Wildman–Crippen MR) is 161 cm³/mol. The Labute approximate surface area is 242 Å². The fraction of sp³-hybridized carbons (Fsp3) is 0.387. The zero-order valence-electron chi connectivity index (χ0n) is 23.8. The first-order valence-corrected chi connectivity index (χ1v) is 15.4. The smallest absolute Gasteiger partial charge is 0.254 e. The first-order valence-electron chi connectivity index (χ1n) is 13.9. The van der Waals surface area contributed by atoms with Gasteiger partial charge in [0, 0.05) is 68.7 Å². The minimum absolute atomic E-state index is 0.0102. The van der Waals surface area contributed by atoms with Crippen molar-refractivity contribution in [3.05, 3.63) is 77.4 Å². The number of amides is 1. The number of carbonyl (C=O) groups is 1. The Morgan fingerprint density at radius 1 is 0.927 bits per heavy atom. The summed E-state index contributed by atoms with van der Waals surface area (Å²) in [6.07, 6.45) is 1.92. The van der Waals surface area contributed by atoms with Crippen molar-refractivity contribution in [3.63, 3.8) is 0 Å². The highest BCUT2D eigenvalue weighted by molar-refractivity contribution is 7.89. The van der Waals surface area contributed by atoms with Crippen molar-refractivity contribution in [2.45, 2.75) is 37.6 Å². The van der Waals surface area contributed by atoms with E-state index in [4.69, 9.17) is 9.88 Å². The number of nitrogens with two attached hydrogens (primary N) is 1. The van der Waals surface area contributed by atoms with E-state index >= 15 is 0 Å². The predicted octanol–water partition coefficient (Wildman–Crippen LogP) is 3.60. The van der Waals surface area contributed by atoms with Gasteiger partial charge in [-0.3, -0.25) is 4.79 Å². The van der Waals surface area contributed by atoms with Crippen LogP contribution in [0.25, 0.3) is 0 Å². The zero-order chi connectivity index (χ0) is 29.1. The van der Waals surface area contributed by atoms with Crippen LogP contribution in [-0.4, -0.2) is 71.6 Å². The number of piperazine rings is 1. The second-order valence-corrected chi connectivity index (χ2v) is 12.2. The first-order chi connectivity index (χ1) is 19.7. The number of methoxy groups -OCH3 is 1. The Kier molecular flexibility index (Phi) is 8.29. The summed E-state index contributed by atoms with van der Waals surface area (Å²) in [6.45, 7) is 7.85. The monoisotopic (exact) mass is 575 g/mol. The maximum absolute atomic E-state index is 13.6. The molecule has 2 aliphatic rings. The molecule has 9 nitrogen and oxygen atoms in total. The van der Waals surface area contributed by atoms with Gasteiger partial charge in [0.25, 0.3) is 5.91 Å². The molecule has 0 aliphatic carbocycles. The van der Waals surface area contributed by atoms with Crippen molar-refractivity contribution in [2.24, 2.45) is 5.14 Å². The highest BCUT2D eigenvalue weighted by atomic mass is 32.2. The lowest BCUT2D eigenvalue weighted by Gasteiger charge is -2.37. The summed E-state index contributed by atoms with van der Waals surface area (Å²) in [5.41, 5.74) is 5.35. The lowest BCUT2D eigenvalue weighted by atomic mass is 9.99. The number of ether oxygens (including phenoxy) is 1. The molecule has 10 heteroatoms. The Morgan fingerprint density at radius 3 is 2.27 bits per heavy atom. The van der Waals surface area contributed by atoms with Crippen LogP contribution >= 0.6 is 0 Å². The highest BCUT2D eigenvalue weighted by Gasteiger charge is 2.27. The van der Waals surface area contributed by atoms with Crippen LogP contribution in [0.2, 0.25) is 0 Å². The van der Waals surface area contributed by atoms with Gasteiger partial charge in [0.1, 0.15) is 4.90 Å². The number of carbonyl (C=O) groups excluding carboxylic acids is 1. The Balaban J connectivity index is 1.23. The summed E-state index contributed by atoms with van der Waals surface area (Å²) < 4.78 is 29.6. The van der Waals surface area contributed by atoms with E-state index in [2.05, 4.69) is 35.3 Å². The van der Waals surface area contributed by atoms with Gasteiger partial charge in [-0.2, -0.15) is 0 Å². The van der Waals surface area contributed by atoms with Crippen LogP contribution < -0.4 is 25.0 Å². The standard InChI is InChI=1S/C31H37N5O4S/c1-22-20-23(2)26(33-24-12-14-34(15-13-24)27-8-4-6-10-29(27)40-3)21-25(22)31(37)36-18-16-35(17-19-36)28-9-5-7-11-30(28)41(32,38)39/h5,7-11,20-21,24,33H,12-19H2,1-3H3,(H2,32,38,39). The van der Waals surface area contributed by atoms with Gasteiger partial charge in [0.2, 0.25) is 10.0 Å². The SMILES string of the molecule is COc1cc#ccc1N1CCC(Nc2cc(C(=O)N3CCN(c4ccccc4S(N)(=O)=O)CC3)c(C)cc2C)CC1. The van der Waals surface area contributed by atoms with Crippen LogP contribution in [0.5, 0.6) is 5.75 Å². The fourth-order valence-corrected chi connectivity index (χ4v) is 6.53. The lowest BCUT2D eigenvalue weighted by molar-refractivity contribution is 0.0746. The number of hydrogen-bond donors (Lipinski definition) is 2. The summed E-state index contributed by atoms with van der Waals surface area (Å²) in [6, 6.07) is 20.8. The molecule has 0 atom stereocenters. The fourth-order valence-electron chi connectivity index (χ4n) is 5.78. The highest BCUT2D eigenvalue weighted by Crippen LogP contribution is 2.31. The minimum Gasteiger partial charge on any atom is -0.494 e. The van der Waals surface area contributed by atoms with Crippen molar-refractivity contribution in [3.8, 4) is 5.75 Å². The van der Waals surface area contributed by atoms with Crippen LogP contribution in [0.1, 0.15) is 34.3 Å². The van der Waals surface area contributed by atoms with Crippen molar-refractivity contribution < 1.29 is 17.9 Å². The Hall–Kier alpha value is -3.94. The molecule has 3 aromatic carbocycles. The van der Waals surface area contributed by atoms with Crippen LogP contribution in [0.15, 0.2) is 53.4 Å². The summed E-state index contributed by atoms with van der Waals surface area (Å²) in [5, 5.41) is 9.14. The third kappa shape index (κ3) is 6.21. The van der Waals surface area contributed by atoms with E-state index in [1.54, 1.807) is 25.3 Å². The molecule has 0 radical (unpaired) electrons. The number of piperidine rings is 1. The number of anilines is 3. The molecule has 2 saturated heterocycles. The third-order valence-electron chi connectivity index (χ3n) is 8.04. The largest absolute Gasteiger partial charge is 0.494 e. The second-order valence-electron chi connectivity index (χ2n) is 10.7. The molecule has 2 fully saturated rings. The maximum Gasteiger partial charge on any atom is 0.254 e. The van der Waals surface area contributed by atoms with E-state index in [-0.39, 0.29) is 10.8 Å². The van der Waals surface area contributed by atoms with E-state index < -0.39 is 10.0 Å². The summed E-state index contributed by atoms with van der Waals surface area (Å²) >= 11 is 0. The average Bonchev–Trinajstić information content (AvgIpc) is 2.98. The van der Waals surface area contributed by atoms with Gasteiger partial charge in [-0.1, -0.05) is 30.3 Å². The van der Waals surface area contributed by atoms with Crippen molar-refractivity contribution in [1.82, 2.24) is 4.90 Å². The summed E-state index contributed by atoms with van der Waals surface area (Å²) in [4.78, 5) is 19.9.